The maximum atomic E-state index is 13.0. The Hall–Kier alpha value is -2.86. The highest BCUT2D eigenvalue weighted by Gasteiger charge is 2.50. The van der Waals surface area contributed by atoms with Crippen LogP contribution in [0.15, 0.2) is 48.5 Å². The van der Waals surface area contributed by atoms with E-state index in [9.17, 15) is 9.59 Å². The third kappa shape index (κ3) is 3.92. The van der Waals surface area contributed by atoms with Crippen LogP contribution in [0.4, 0.5) is 5.69 Å². The van der Waals surface area contributed by atoms with Crippen LogP contribution in [0.2, 0.25) is 0 Å². The molecule has 30 heavy (non-hydrogen) atoms. The zero-order valence-corrected chi connectivity index (χ0v) is 17.8. The van der Waals surface area contributed by atoms with Crippen LogP contribution in [0.1, 0.15) is 36.2 Å². The smallest absolute Gasteiger partial charge is 0.253 e. The predicted molar refractivity (Wildman–Crippen MR) is 117 cm³/mol. The van der Waals surface area contributed by atoms with Crippen LogP contribution in [0.5, 0.6) is 5.75 Å². The number of carbonyl (C=O) groups is 2. The molecule has 3 atom stereocenters. The van der Waals surface area contributed by atoms with Crippen LogP contribution in [-0.4, -0.2) is 48.5 Å². The van der Waals surface area contributed by atoms with Gasteiger partial charge in [0, 0.05) is 19.1 Å². The summed E-state index contributed by atoms with van der Waals surface area (Å²) < 4.78 is 5.22. The molecule has 1 fully saturated rings. The Kier molecular flexibility index (Phi) is 5.52. The van der Waals surface area contributed by atoms with E-state index >= 15 is 0 Å². The Morgan fingerprint density at radius 2 is 1.90 bits per heavy atom. The number of ether oxygens (including phenoxy) is 1. The van der Waals surface area contributed by atoms with Gasteiger partial charge in [0.25, 0.3) is 5.91 Å². The van der Waals surface area contributed by atoms with Crippen molar-refractivity contribution < 1.29 is 14.3 Å². The van der Waals surface area contributed by atoms with Crippen LogP contribution < -0.4 is 15.4 Å². The van der Waals surface area contributed by atoms with Gasteiger partial charge in [-0.3, -0.25) is 14.5 Å². The van der Waals surface area contributed by atoms with E-state index in [1.54, 1.807) is 19.2 Å². The van der Waals surface area contributed by atoms with Gasteiger partial charge in [0.2, 0.25) is 5.91 Å². The molecule has 1 unspecified atom stereocenters. The second-order valence-corrected chi connectivity index (χ2v) is 8.62. The fourth-order valence-electron chi connectivity index (χ4n) is 4.55. The largest absolute Gasteiger partial charge is 0.497 e. The van der Waals surface area contributed by atoms with Gasteiger partial charge in [0.15, 0.2) is 0 Å². The van der Waals surface area contributed by atoms with Gasteiger partial charge in [0.1, 0.15) is 5.75 Å². The van der Waals surface area contributed by atoms with Crippen LogP contribution in [-0.2, 0) is 11.2 Å². The van der Waals surface area contributed by atoms with Crippen molar-refractivity contribution in [3.05, 3.63) is 59.7 Å². The first-order valence-corrected chi connectivity index (χ1v) is 10.5. The first-order valence-electron chi connectivity index (χ1n) is 10.5. The SMILES string of the molecule is COc1ccc(CCC(C)N2C[C@H]3C(=O)Nc4ccccc4C(=O)N[C@@]3(C)C2)cc1. The molecule has 2 aromatic rings. The Morgan fingerprint density at radius 3 is 2.63 bits per heavy atom. The molecule has 2 aliphatic heterocycles. The predicted octanol–water partition coefficient (Wildman–Crippen LogP) is 3.09. The number of likely N-dealkylation sites (tertiary alicyclic amines) is 1. The minimum Gasteiger partial charge on any atom is -0.497 e. The highest BCUT2D eigenvalue weighted by atomic mass is 16.5. The summed E-state index contributed by atoms with van der Waals surface area (Å²) >= 11 is 0. The first-order chi connectivity index (χ1) is 14.4. The van der Waals surface area contributed by atoms with Gasteiger partial charge in [-0.25, -0.2) is 0 Å². The molecule has 158 valence electrons. The Labute approximate surface area is 177 Å². The number of carbonyl (C=O) groups excluding carboxylic acids is 2. The number of rotatable bonds is 5. The van der Waals surface area contributed by atoms with Gasteiger partial charge in [-0.05, 0) is 56.5 Å². The highest BCUT2D eigenvalue weighted by Crippen LogP contribution is 2.33. The molecule has 2 amide bonds. The van der Waals surface area contributed by atoms with E-state index in [0.717, 1.165) is 18.6 Å². The molecule has 6 nitrogen and oxygen atoms in total. The number of methoxy groups -OCH3 is 1. The molecular weight excluding hydrogens is 378 g/mol. The lowest BCUT2D eigenvalue weighted by Crippen LogP contribution is -2.56. The molecule has 0 radical (unpaired) electrons. The number of aryl methyl sites for hydroxylation is 1. The van der Waals surface area contributed by atoms with Crippen molar-refractivity contribution in [2.75, 3.05) is 25.5 Å². The molecule has 0 spiro atoms. The summed E-state index contributed by atoms with van der Waals surface area (Å²) in [7, 11) is 1.67. The summed E-state index contributed by atoms with van der Waals surface area (Å²) in [6, 6.07) is 15.6. The molecule has 2 aromatic carbocycles. The minimum atomic E-state index is -0.594. The number of nitrogens with zero attached hydrogens (tertiary/aromatic N) is 1. The van der Waals surface area contributed by atoms with E-state index in [0.29, 0.717) is 30.4 Å². The molecule has 2 N–H and O–H groups in total. The van der Waals surface area contributed by atoms with Gasteiger partial charge < -0.3 is 15.4 Å². The van der Waals surface area contributed by atoms with E-state index in [2.05, 4.69) is 34.6 Å². The third-order valence-electron chi connectivity index (χ3n) is 6.50. The minimum absolute atomic E-state index is 0.0326. The number of hydrogen-bond acceptors (Lipinski definition) is 4. The summed E-state index contributed by atoms with van der Waals surface area (Å²) in [5, 5.41) is 6.14. The second kappa shape index (κ2) is 8.11. The first kappa shape index (κ1) is 20.4. The third-order valence-corrected chi connectivity index (χ3v) is 6.50. The van der Waals surface area contributed by atoms with Gasteiger partial charge in [-0.15, -0.1) is 0 Å². The van der Waals surface area contributed by atoms with E-state index in [-0.39, 0.29) is 17.7 Å². The quantitative estimate of drug-likeness (QED) is 0.799. The monoisotopic (exact) mass is 407 g/mol. The average molecular weight is 408 g/mol. The molecule has 0 aliphatic carbocycles. The number of nitrogens with one attached hydrogen (secondary N) is 2. The molecule has 4 rings (SSSR count). The summed E-state index contributed by atoms with van der Waals surface area (Å²) in [5.41, 5.74) is 1.76. The number of fused-ring (bicyclic) bond motifs is 2. The van der Waals surface area contributed by atoms with Crippen molar-refractivity contribution in [1.29, 1.82) is 0 Å². The lowest BCUT2D eigenvalue weighted by atomic mass is 9.86. The molecule has 1 saturated heterocycles. The van der Waals surface area contributed by atoms with Gasteiger partial charge in [0.05, 0.1) is 29.8 Å². The molecule has 6 heteroatoms. The Bertz CT molecular complexity index is 943. The van der Waals surface area contributed by atoms with Crippen molar-refractivity contribution in [3.8, 4) is 5.75 Å². The molecule has 2 heterocycles. The Morgan fingerprint density at radius 1 is 1.17 bits per heavy atom. The Balaban J connectivity index is 1.46. The van der Waals surface area contributed by atoms with Crippen molar-refractivity contribution in [3.63, 3.8) is 0 Å². The zero-order valence-electron chi connectivity index (χ0n) is 17.8. The zero-order chi connectivity index (χ0) is 21.3. The molecular formula is C24H29N3O3. The lowest BCUT2D eigenvalue weighted by Gasteiger charge is -2.34. The fraction of sp³-hybridized carbons (Fsp3) is 0.417. The number of amides is 2. The molecule has 0 aromatic heterocycles. The van der Waals surface area contributed by atoms with Gasteiger partial charge in [-0.1, -0.05) is 24.3 Å². The number of hydrogen-bond donors (Lipinski definition) is 2. The summed E-state index contributed by atoms with van der Waals surface area (Å²) in [6.45, 7) is 5.47. The average Bonchev–Trinajstić information content (AvgIpc) is 3.08. The van der Waals surface area contributed by atoms with Crippen LogP contribution in [0, 0.1) is 5.92 Å². The van der Waals surface area contributed by atoms with E-state index in [4.69, 9.17) is 4.74 Å². The van der Waals surface area contributed by atoms with Crippen LogP contribution in [0.3, 0.4) is 0 Å². The summed E-state index contributed by atoms with van der Waals surface area (Å²) in [5.74, 6) is 0.400. The summed E-state index contributed by atoms with van der Waals surface area (Å²) in [6.07, 6.45) is 1.93. The second-order valence-electron chi connectivity index (χ2n) is 8.62. The molecule has 0 saturated carbocycles. The maximum Gasteiger partial charge on any atom is 0.253 e. The maximum absolute atomic E-state index is 13.0. The van der Waals surface area contributed by atoms with Crippen molar-refractivity contribution in [2.45, 2.75) is 38.3 Å². The van der Waals surface area contributed by atoms with Crippen LogP contribution in [0.25, 0.3) is 0 Å². The van der Waals surface area contributed by atoms with Crippen molar-refractivity contribution in [1.82, 2.24) is 10.2 Å². The topological polar surface area (TPSA) is 70.7 Å². The molecule has 0 bridgehead atoms. The van der Waals surface area contributed by atoms with Crippen molar-refractivity contribution in [2.24, 2.45) is 5.92 Å². The standard InChI is InChI=1S/C24H29N3O3/c1-16(8-9-17-10-12-18(30-3)13-11-17)27-14-20-23(29)25-21-7-5-4-6-19(21)22(28)26-24(20,2)15-27/h4-7,10-13,16,20H,8-9,14-15H2,1-3H3,(H,25,29)(H,26,28)/t16?,20-,24-/m0/s1. The number of benzene rings is 2. The van der Waals surface area contributed by atoms with Crippen molar-refractivity contribution >= 4 is 17.5 Å². The van der Waals surface area contributed by atoms with E-state index in [1.807, 2.05) is 31.2 Å². The van der Waals surface area contributed by atoms with Crippen LogP contribution >= 0.6 is 0 Å². The van der Waals surface area contributed by atoms with E-state index in [1.165, 1.54) is 5.56 Å². The number of para-hydroxylation sites is 1. The van der Waals surface area contributed by atoms with E-state index < -0.39 is 5.54 Å². The highest BCUT2D eigenvalue weighted by molar-refractivity contribution is 6.06. The summed E-state index contributed by atoms with van der Waals surface area (Å²) in [4.78, 5) is 28.2. The normalized spacial score (nSPS) is 24.7. The molecule has 2 aliphatic rings. The van der Waals surface area contributed by atoms with Gasteiger partial charge in [-0.2, -0.15) is 0 Å². The lowest BCUT2D eigenvalue weighted by molar-refractivity contribution is -0.121. The van der Waals surface area contributed by atoms with Gasteiger partial charge >= 0.3 is 0 Å². The number of anilines is 1. The fourth-order valence-corrected chi connectivity index (χ4v) is 4.55.